The lowest BCUT2D eigenvalue weighted by Gasteiger charge is -2.24. The number of ketones is 1. The second kappa shape index (κ2) is 12.1. The van der Waals surface area contributed by atoms with Crippen LogP contribution in [-0.4, -0.2) is 75.1 Å². The van der Waals surface area contributed by atoms with Gasteiger partial charge in [0.2, 0.25) is 5.91 Å². The number of carbonyl (C=O) groups excluding carboxylic acids is 3. The number of aldehydes is 1. The average molecular weight is 359 g/mol. The molecule has 1 amide bonds. The number of amides is 1. The summed E-state index contributed by atoms with van der Waals surface area (Å²) in [4.78, 5) is 34.2. The Hall–Kier alpha value is -1.35. The van der Waals surface area contributed by atoms with Crippen molar-refractivity contribution in [1.29, 1.82) is 0 Å². The average Bonchev–Trinajstić information content (AvgIpc) is 2.55. The molecule has 0 saturated carbocycles. The van der Waals surface area contributed by atoms with Gasteiger partial charge in [0.05, 0.1) is 37.4 Å². The van der Waals surface area contributed by atoms with Gasteiger partial charge < -0.3 is 24.9 Å². The molecule has 0 rings (SSSR count). The summed E-state index contributed by atoms with van der Waals surface area (Å²) in [5.41, 5.74) is -1.39. The van der Waals surface area contributed by atoms with Crippen LogP contribution in [0.4, 0.5) is 0 Å². The predicted molar refractivity (Wildman–Crippen MR) is 95.6 cm³/mol. The molecule has 25 heavy (non-hydrogen) atoms. The monoisotopic (exact) mass is 359 g/mol. The van der Waals surface area contributed by atoms with E-state index in [0.717, 1.165) is 6.29 Å². The number of carbonyl (C=O) groups is 3. The number of hydrogen-bond donors (Lipinski definition) is 3. The van der Waals surface area contributed by atoms with Gasteiger partial charge in [-0.15, -0.1) is 0 Å². The van der Waals surface area contributed by atoms with Crippen LogP contribution < -0.4 is 16.0 Å². The quantitative estimate of drug-likeness (QED) is 0.271. The molecule has 0 aliphatic rings. The van der Waals surface area contributed by atoms with Gasteiger partial charge in [-0.2, -0.15) is 0 Å². The van der Waals surface area contributed by atoms with Crippen molar-refractivity contribution in [2.24, 2.45) is 0 Å². The predicted octanol–water partition coefficient (Wildman–Crippen LogP) is -0.340. The highest BCUT2D eigenvalue weighted by molar-refractivity contribution is 5.89. The van der Waals surface area contributed by atoms with Crippen molar-refractivity contribution in [3.63, 3.8) is 0 Å². The molecule has 0 aliphatic heterocycles. The van der Waals surface area contributed by atoms with Gasteiger partial charge in [0, 0.05) is 13.1 Å². The second-order valence-electron chi connectivity index (χ2n) is 6.79. The molecule has 0 aromatic carbocycles. The first kappa shape index (κ1) is 23.6. The van der Waals surface area contributed by atoms with Crippen molar-refractivity contribution >= 4 is 18.0 Å². The van der Waals surface area contributed by atoms with E-state index < -0.39 is 11.1 Å². The van der Waals surface area contributed by atoms with Crippen LogP contribution in [-0.2, 0) is 23.9 Å². The third kappa shape index (κ3) is 11.8. The standard InChI is InChI=1S/C17H33N3O5/c1-6-18-15(23)11-20-17(4,5)14(22)12-25-10-9-24-8-7-19-16(2,3)13-21/h13,19-20H,6-12H2,1-5H3,(H,18,23). The zero-order valence-corrected chi connectivity index (χ0v) is 16.1. The Morgan fingerprint density at radius 3 is 2.24 bits per heavy atom. The minimum atomic E-state index is -0.837. The van der Waals surface area contributed by atoms with Gasteiger partial charge in [-0.3, -0.25) is 14.9 Å². The molecule has 0 spiro atoms. The van der Waals surface area contributed by atoms with Crippen LogP contribution in [0.15, 0.2) is 0 Å². The van der Waals surface area contributed by atoms with Crippen molar-refractivity contribution in [1.82, 2.24) is 16.0 Å². The maximum absolute atomic E-state index is 12.1. The Balaban J connectivity index is 3.77. The van der Waals surface area contributed by atoms with E-state index >= 15 is 0 Å². The summed E-state index contributed by atoms with van der Waals surface area (Å²) in [6.45, 7) is 11.1. The Morgan fingerprint density at radius 2 is 1.64 bits per heavy atom. The second-order valence-corrected chi connectivity index (χ2v) is 6.79. The third-order valence-corrected chi connectivity index (χ3v) is 3.49. The summed E-state index contributed by atoms with van der Waals surface area (Å²) in [5, 5.41) is 8.62. The van der Waals surface area contributed by atoms with Gasteiger partial charge >= 0.3 is 0 Å². The molecule has 0 aromatic heterocycles. The van der Waals surface area contributed by atoms with Crippen LogP contribution in [0, 0.1) is 0 Å². The lowest BCUT2D eigenvalue weighted by atomic mass is 10.00. The molecule has 8 nitrogen and oxygen atoms in total. The van der Waals surface area contributed by atoms with E-state index in [1.165, 1.54) is 0 Å². The van der Waals surface area contributed by atoms with Gasteiger partial charge in [0.1, 0.15) is 12.9 Å². The molecule has 146 valence electrons. The fourth-order valence-corrected chi connectivity index (χ4v) is 1.71. The number of rotatable bonds is 15. The van der Waals surface area contributed by atoms with Crippen molar-refractivity contribution in [3.05, 3.63) is 0 Å². The molecular formula is C17H33N3O5. The van der Waals surface area contributed by atoms with E-state index in [4.69, 9.17) is 9.47 Å². The maximum atomic E-state index is 12.1. The number of likely N-dealkylation sites (N-methyl/N-ethyl adjacent to an activating group) is 1. The topological polar surface area (TPSA) is 106 Å². The fraction of sp³-hybridized carbons (Fsp3) is 0.824. The van der Waals surface area contributed by atoms with Gasteiger partial charge in [-0.1, -0.05) is 0 Å². The minimum Gasteiger partial charge on any atom is -0.378 e. The number of ether oxygens (including phenoxy) is 2. The lowest BCUT2D eigenvalue weighted by molar-refractivity contribution is -0.130. The molecule has 0 radical (unpaired) electrons. The molecule has 0 saturated heterocycles. The molecule has 3 N–H and O–H groups in total. The smallest absolute Gasteiger partial charge is 0.233 e. The SMILES string of the molecule is CCNC(=O)CNC(C)(C)C(=O)COCCOCCNC(C)(C)C=O. The fourth-order valence-electron chi connectivity index (χ4n) is 1.71. The highest BCUT2D eigenvalue weighted by Gasteiger charge is 2.27. The van der Waals surface area contributed by atoms with E-state index in [9.17, 15) is 14.4 Å². The first-order valence-corrected chi connectivity index (χ1v) is 8.56. The van der Waals surface area contributed by atoms with E-state index in [2.05, 4.69) is 16.0 Å². The highest BCUT2D eigenvalue weighted by atomic mass is 16.5. The molecule has 8 heteroatoms. The van der Waals surface area contributed by atoms with E-state index in [1.54, 1.807) is 27.7 Å². The van der Waals surface area contributed by atoms with Crippen molar-refractivity contribution in [2.75, 3.05) is 46.1 Å². The van der Waals surface area contributed by atoms with Crippen molar-refractivity contribution < 1.29 is 23.9 Å². The van der Waals surface area contributed by atoms with Crippen LogP contribution in [0.3, 0.4) is 0 Å². The van der Waals surface area contributed by atoms with Crippen molar-refractivity contribution in [2.45, 2.75) is 45.7 Å². The summed E-state index contributed by atoms with van der Waals surface area (Å²) >= 11 is 0. The summed E-state index contributed by atoms with van der Waals surface area (Å²) in [7, 11) is 0. The summed E-state index contributed by atoms with van der Waals surface area (Å²) in [6.07, 6.45) is 0.851. The number of hydrogen-bond acceptors (Lipinski definition) is 7. The van der Waals surface area contributed by atoms with E-state index in [-0.39, 0.29) is 24.8 Å². The maximum Gasteiger partial charge on any atom is 0.233 e. The first-order valence-electron chi connectivity index (χ1n) is 8.56. The molecule has 0 unspecified atom stereocenters. The first-order chi connectivity index (χ1) is 11.6. The van der Waals surface area contributed by atoms with Gasteiger partial charge in [0.15, 0.2) is 5.78 Å². The number of Topliss-reactive ketones (excluding diaryl/α,β-unsaturated/α-hetero) is 1. The zero-order chi connectivity index (χ0) is 19.3. The lowest BCUT2D eigenvalue weighted by Crippen LogP contribution is -2.51. The van der Waals surface area contributed by atoms with Crippen molar-refractivity contribution in [3.8, 4) is 0 Å². The van der Waals surface area contributed by atoms with Crippen LogP contribution >= 0.6 is 0 Å². The van der Waals surface area contributed by atoms with Gasteiger partial charge in [-0.05, 0) is 34.6 Å². The Labute approximate surface area is 150 Å². The van der Waals surface area contributed by atoms with Crippen LogP contribution in [0.25, 0.3) is 0 Å². The third-order valence-electron chi connectivity index (χ3n) is 3.49. The highest BCUT2D eigenvalue weighted by Crippen LogP contribution is 2.04. The van der Waals surface area contributed by atoms with Crippen LogP contribution in [0.5, 0.6) is 0 Å². The molecule has 0 bridgehead atoms. The van der Waals surface area contributed by atoms with Crippen LogP contribution in [0.1, 0.15) is 34.6 Å². The Morgan fingerprint density at radius 1 is 1.00 bits per heavy atom. The molecule has 0 atom stereocenters. The number of nitrogens with one attached hydrogen (secondary N) is 3. The Kier molecular flexibility index (Phi) is 11.4. The molecule has 0 fully saturated rings. The van der Waals surface area contributed by atoms with Gasteiger partial charge in [0.25, 0.3) is 0 Å². The summed E-state index contributed by atoms with van der Waals surface area (Å²) in [6, 6.07) is 0. The van der Waals surface area contributed by atoms with Gasteiger partial charge in [-0.25, -0.2) is 0 Å². The zero-order valence-electron chi connectivity index (χ0n) is 16.1. The summed E-state index contributed by atoms with van der Waals surface area (Å²) in [5.74, 6) is -0.282. The normalized spacial score (nSPS) is 12.0. The molecule has 0 aliphatic carbocycles. The summed E-state index contributed by atoms with van der Waals surface area (Å²) < 4.78 is 10.7. The molecule has 0 aromatic rings. The van der Waals surface area contributed by atoms with E-state index in [0.29, 0.717) is 32.9 Å². The van der Waals surface area contributed by atoms with Crippen LogP contribution in [0.2, 0.25) is 0 Å². The molecular weight excluding hydrogens is 326 g/mol. The largest absolute Gasteiger partial charge is 0.378 e. The van der Waals surface area contributed by atoms with E-state index in [1.807, 2.05) is 6.92 Å². The minimum absolute atomic E-state index is 0.0464. The Bertz CT molecular complexity index is 425. The molecule has 0 heterocycles.